The van der Waals surface area contributed by atoms with Crippen molar-refractivity contribution in [1.82, 2.24) is 29.8 Å². The maximum absolute atomic E-state index is 4.44. The number of hydrogen-bond acceptors (Lipinski definition) is 4. The van der Waals surface area contributed by atoms with E-state index in [0.717, 1.165) is 29.4 Å². The average molecular weight is 310 g/mol. The van der Waals surface area contributed by atoms with Gasteiger partial charge in [0, 0.05) is 42.4 Å². The molecule has 0 aliphatic heterocycles. The number of nitrogens with zero attached hydrogens (tertiary/aromatic N) is 4. The molecular weight excluding hydrogens is 288 g/mol. The second kappa shape index (κ2) is 6.34. The fourth-order valence-corrected chi connectivity index (χ4v) is 2.23. The number of rotatable bonds is 5. The molecule has 0 bridgehead atoms. The Hall–Kier alpha value is -2.47. The van der Waals surface area contributed by atoms with Crippen LogP contribution in [0.4, 0.5) is 0 Å². The zero-order chi connectivity index (χ0) is 16.3. The van der Waals surface area contributed by atoms with E-state index in [4.69, 9.17) is 0 Å². The highest BCUT2D eigenvalue weighted by Gasteiger charge is 2.16. The Bertz CT molecular complexity index is 734. The summed E-state index contributed by atoms with van der Waals surface area (Å²) >= 11 is 0. The molecule has 3 aromatic heterocycles. The monoisotopic (exact) mass is 310 g/mol. The Balaban J connectivity index is 1.54. The normalized spacial score (nSPS) is 11.8. The molecule has 0 radical (unpaired) electrons. The van der Waals surface area contributed by atoms with Crippen molar-refractivity contribution in [2.24, 2.45) is 0 Å². The quantitative estimate of drug-likeness (QED) is 0.760. The van der Waals surface area contributed by atoms with Crippen LogP contribution in [0.3, 0.4) is 0 Å². The molecule has 0 unspecified atom stereocenters. The molecule has 3 aromatic rings. The number of aromatic amines is 1. The number of nitrogens with one attached hydrogen (secondary N) is 2. The molecule has 120 valence electrons. The molecule has 6 nitrogen and oxygen atoms in total. The third kappa shape index (κ3) is 3.84. The van der Waals surface area contributed by atoms with Gasteiger partial charge in [-0.05, 0) is 11.6 Å². The Morgan fingerprint density at radius 2 is 2.00 bits per heavy atom. The minimum Gasteiger partial charge on any atom is -0.344 e. The lowest BCUT2D eigenvalue weighted by molar-refractivity contribution is 0.568. The minimum absolute atomic E-state index is 0.0956. The van der Waals surface area contributed by atoms with Gasteiger partial charge >= 0.3 is 0 Å². The highest BCUT2D eigenvalue weighted by atomic mass is 15.1. The van der Waals surface area contributed by atoms with E-state index in [9.17, 15) is 0 Å². The van der Waals surface area contributed by atoms with Gasteiger partial charge < -0.3 is 10.3 Å². The van der Waals surface area contributed by atoms with Crippen LogP contribution >= 0.6 is 0 Å². The van der Waals surface area contributed by atoms with Gasteiger partial charge in [0.05, 0.1) is 6.54 Å². The van der Waals surface area contributed by atoms with Gasteiger partial charge in [0.1, 0.15) is 18.0 Å². The molecule has 0 aromatic carbocycles. The molecule has 6 heteroatoms. The first-order chi connectivity index (χ1) is 11.0. The van der Waals surface area contributed by atoms with Gasteiger partial charge in [0.25, 0.3) is 0 Å². The molecule has 0 aliphatic carbocycles. The van der Waals surface area contributed by atoms with Gasteiger partial charge in [0.15, 0.2) is 0 Å². The fourth-order valence-electron chi connectivity index (χ4n) is 2.23. The van der Waals surface area contributed by atoms with Crippen LogP contribution in [0.5, 0.6) is 0 Å². The smallest absolute Gasteiger partial charge is 0.137 e. The van der Waals surface area contributed by atoms with E-state index in [1.807, 2.05) is 29.2 Å². The second-order valence-corrected chi connectivity index (χ2v) is 6.59. The van der Waals surface area contributed by atoms with E-state index < -0.39 is 0 Å². The molecular formula is C17H22N6. The third-order valence-electron chi connectivity index (χ3n) is 3.64. The SMILES string of the molecule is CC(C)(C)c1cnc(CNCc2ccc(-n3ccnc3)nc2)[nH]1. The van der Waals surface area contributed by atoms with Crippen LogP contribution in [-0.4, -0.2) is 24.5 Å². The molecule has 0 amide bonds. The Labute approximate surface area is 136 Å². The van der Waals surface area contributed by atoms with Gasteiger partial charge in [-0.25, -0.2) is 15.0 Å². The topological polar surface area (TPSA) is 71.4 Å². The molecule has 3 rings (SSSR count). The summed E-state index contributed by atoms with van der Waals surface area (Å²) in [4.78, 5) is 16.3. The maximum Gasteiger partial charge on any atom is 0.137 e. The molecule has 0 saturated heterocycles. The molecule has 23 heavy (non-hydrogen) atoms. The summed E-state index contributed by atoms with van der Waals surface area (Å²) in [6, 6.07) is 4.06. The summed E-state index contributed by atoms with van der Waals surface area (Å²) in [5.74, 6) is 1.82. The van der Waals surface area contributed by atoms with Crippen LogP contribution in [-0.2, 0) is 18.5 Å². The number of pyridine rings is 1. The van der Waals surface area contributed by atoms with E-state index in [2.05, 4.69) is 52.1 Å². The molecule has 0 saturated carbocycles. The minimum atomic E-state index is 0.0956. The van der Waals surface area contributed by atoms with E-state index in [1.54, 1.807) is 12.5 Å². The van der Waals surface area contributed by atoms with Crippen molar-refractivity contribution in [2.45, 2.75) is 39.3 Å². The summed E-state index contributed by atoms with van der Waals surface area (Å²) in [5.41, 5.74) is 2.38. The van der Waals surface area contributed by atoms with Crippen LogP contribution < -0.4 is 5.32 Å². The molecule has 0 aliphatic rings. The second-order valence-electron chi connectivity index (χ2n) is 6.59. The van der Waals surface area contributed by atoms with Crippen molar-refractivity contribution in [3.8, 4) is 5.82 Å². The predicted octanol–water partition coefficient (Wildman–Crippen LogP) is 2.58. The molecule has 2 N–H and O–H groups in total. The van der Waals surface area contributed by atoms with Gasteiger partial charge in [-0.1, -0.05) is 26.8 Å². The van der Waals surface area contributed by atoms with Gasteiger partial charge in [-0.2, -0.15) is 0 Å². The van der Waals surface area contributed by atoms with Gasteiger partial charge in [-0.15, -0.1) is 0 Å². The van der Waals surface area contributed by atoms with Crippen molar-refractivity contribution in [3.05, 3.63) is 60.3 Å². The zero-order valence-electron chi connectivity index (χ0n) is 13.7. The maximum atomic E-state index is 4.44. The summed E-state index contributed by atoms with van der Waals surface area (Å²) < 4.78 is 1.88. The van der Waals surface area contributed by atoms with E-state index in [0.29, 0.717) is 6.54 Å². The molecule has 3 heterocycles. The first-order valence-electron chi connectivity index (χ1n) is 7.71. The number of imidazole rings is 2. The van der Waals surface area contributed by atoms with Gasteiger partial charge in [-0.3, -0.25) is 4.57 Å². The summed E-state index contributed by atoms with van der Waals surface area (Å²) in [7, 11) is 0. The van der Waals surface area contributed by atoms with Crippen LogP contribution in [0, 0.1) is 0 Å². The standard InChI is InChI=1S/C17H22N6/c1-17(2,3)14-10-20-15(22-14)11-19-8-13-4-5-16(21-9-13)23-7-6-18-12-23/h4-7,9-10,12,19H,8,11H2,1-3H3,(H,20,22). The van der Waals surface area contributed by atoms with Crippen molar-refractivity contribution in [1.29, 1.82) is 0 Å². The molecule has 0 fully saturated rings. The van der Waals surface area contributed by atoms with Crippen LogP contribution in [0.15, 0.2) is 43.2 Å². The number of H-pyrrole nitrogens is 1. The van der Waals surface area contributed by atoms with Crippen LogP contribution in [0.25, 0.3) is 5.82 Å². The number of hydrogen-bond donors (Lipinski definition) is 2. The zero-order valence-corrected chi connectivity index (χ0v) is 13.7. The van der Waals surface area contributed by atoms with E-state index in [1.165, 1.54) is 0 Å². The lowest BCUT2D eigenvalue weighted by atomic mass is 9.93. The Morgan fingerprint density at radius 3 is 2.61 bits per heavy atom. The van der Waals surface area contributed by atoms with Crippen LogP contribution in [0.1, 0.15) is 37.9 Å². The molecule has 0 spiro atoms. The van der Waals surface area contributed by atoms with Crippen LogP contribution in [0.2, 0.25) is 0 Å². The lowest BCUT2D eigenvalue weighted by Crippen LogP contribution is -2.15. The summed E-state index contributed by atoms with van der Waals surface area (Å²) in [5, 5.41) is 3.38. The average Bonchev–Trinajstić information content (AvgIpc) is 3.19. The highest BCUT2D eigenvalue weighted by molar-refractivity contribution is 5.25. The summed E-state index contributed by atoms with van der Waals surface area (Å²) in [6.07, 6.45) is 9.16. The lowest BCUT2D eigenvalue weighted by Gasteiger charge is -2.15. The molecule has 0 atom stereocenters. The van der Waals surface area contributed by atoms with E-state index >= 15 is 0 Å². The van der Waals surface area contributed by atoms with E-state index in [-0.39, 0.29) is 5.41 Å². The van der Waals surface area contributed by atoms with Crippen molar-refractivity contribution < 1.29 is 0 Å². The van der Waals surface area contributed by atoms with Crippen molar-refractivity contribution >= 4 is 0 Å². The highest BCUT2D eigenvalue weighted by Crippen LogP contribution is 2.19. The Kier molecular flexibility index (Phi) is 4.25. The third-order valence-corrected chi connectivity index (χ3v) is 3.64. The largest absolute Gasteiger partial charge is 0.344 e. The first kappa shape index (κ1) is 15.4. The summed E-state index contributed by atoms with van der Waals surface area (Å²) in [6.45, 7) is 7.98. The van der Waals surface area contributed by atoms with Crippen molar-refractivity contribution in [3.63, 3.8) is 0 Å². The number of aromatic nitrogens is 5. The fraction of sp³-hybridized carbons (Fsp3) is 0.353. The Morgan fingerprint density at radius 1 is 1.13 bits per heavy atom. The first-order valence-corrected chi connectivity index (χ1v) is 7.71. The van der Waals surface area contributed by atoms with Crippen molar-refractivity contribution in [2.75, 3.05) is 0 Å². The predicted molar refractivity (Wildman–Crippen MR) is 89.2 cm³/mol. The van der Waals surface area contributed by atoms with Gasteiger partial charge in [0.2, 0.25) is 0 Å².